The van der Waals surface area contributed by atoms with Gasteiger partial charge in [-0.25, -0.2) is 9.78 Å². The quantitative estimate of drug-likeness (QED) is 0.361. The minimum Gasteiger partial charge on any atom is -0.491 e. The number of urea groups is 1. The predicted molar refractivity (Wildman–Crippen MR) is 158 cm³/mol. The minimum absolute atomic E-state index is 0.0363. The largest absolute Gasteiger partial charge is 0.491 e. The van der Waals surface area contributed by atoms with E-state index in [0.29, 0.717) is 29.7 Å². The number of allylic oxidation sites excluding steroid dienone is 1. The molecule has 1 aromatic heterocycles. The number of ether oxygens (including phenoxy) is 1. The molecule has 0 spiro atoms. The van der Waals surface area contributed by atoms with Crippen molar-refractivity contribution in [3.8, 4) is 11.8 Å². The first-order chi connectivity index (χ1) is 20.2. The molecule has 1 saturated carbocycles. The number of benzene rings is 1. The fourth-order valence-electron chi connectivity index (χ4n) is 5.88. The van der Waals surface area contributed by atoms with Crippen molar-refractivity contribution < 1.29 is 19.1 Å². The van der Waals surface area contributed by atoms with Crippen LogP contribution in [0.2, 0.25) is 0 Å². The summed E-state index contributed by atoms with van der Waals surface area (Å²) >= 11 is 1.34. The van der Waals surface area contributed by atoms with Crippen LogP contribution in [0.25, 0.3) is 0 Å². The Balaban J connectivity index is 1.18. The topological polar surface area (TPSA) is 128 Å². The maximum atomic E-state index is 13.6. The summed E-state index contributed by atoms with van der Waals surface area (Å²) in [5.74, 6) is 0.590. The van der Waals surface area contributed by atoms with Gasteiger partial charge in [0.15, 0.2) is 0 Å². The van der Waals surface area contributed by atoms with Crippen LogP contribution in [0.3, 0.4) is 0 Å². The molecule has 2 unspecified atom stereocenters. The number of nitrogens with one attached hydrogen (secondary N) is 2. The molecule has 42 heavy (non-hydrogen) atoms. The average Bonchev–Trinajstić information content (AvgIpc) is 3.71. The maximum Gasteiger partial charge on any atom is 0.327 e. The number of nitrogens with zero attached hydrogens (tertiary/aromatic N) is 4. The predicted octanol–water partition coefficient (Wildman–Crippen LogP) is 4.52. The molecule has 2 N–H and O–H groups in total. The van der Waals surface area contributed by atoms with Gasteiger partial charge in [0, 0.05) is 30.9 Å². The first-order valence-electron chi connectivity index (χ1n) is 14.5. The fraction of sp³-hybridized carbons (Fsp3) is 0.452. The Kier molecular flexibility index (Phi) is 7.58. The first kappa shape index (κ1) is 28.1. The smallest absolute Gasteiger partial charge is 0.327 e. The maximum absolute atomic E-state index is 13.6. The summed E-state index contributed by atoms with van der Waals surface area (Å²) in [7, 11) is 0. The van der Waals surface area contributed by atoms with Crippen molar-refractivity contribution in [1.29, 1.82) is 5.26 Å². The van der Waals surface area contributed by atoms with Crippen LogP contribution in [0.15, 0.2) is 47.1 Å². The monoisotopic (exact) mass is 586 g/mol. The number of aromatic nitrogens is 1. The molecule has 218 valence electrons. The fourth-order valence-corrected chi connectivity index (χ4v) is 7.11. The van der Waals surface area contributed by atoms with Crippen molar-refractivity contribution in [1.82, 2.24) is 20.5 Å². The van der Waals surface area contributed by atoms with Gasteiger partial charge in [-0.3, -0.25) is 14.5 Å². The Morgan fingerprint density at radius 2 is 2.05 bits per heavy atom. The van der Waals surface area contributed by atoms with Crippen LogP contribution in [0.5, 0.6) is 5.75 Å². The van der Waals surface area contributed by atoms with E-state index in [1.165, 1.54) is 11.8 Å². The van der Waals surface area contributed by atoms with Gasteiger partial charge >= 0.3 is 6.03 Å². The average molecular weight is 587 g/mol. The van der Waals surface area contributed by atoms with Crippen molar-refractivity contribution in [3.05, 3.63) is 53.2 Å². The van der Waals surface area contributed by atoms with Crippen LogP contribution >= 0.6 is 11.8 Å². The van der Waals surface area contributed by atoms with E-state index in [9.17, 15) is 19.6 Å². The zero-order valence-electron chi connectivity index (χ0n) is 23.9. The first-order valence-corrected chi connectivity index (χ1v) is 15.4. The van der Waals surface area contributed by atoms with Gasteiger partial charge in [0.1, 0.15) is 27.7 Å². The van der Waals surface area contributed by atoms with E-state index in [2.05, 4.69) is 21.7 Å². The number of nitriles is 1. The third kappa shape index (κ3) is 5.43. The van der Waals surface area contributed by atoms with E-state index in [0.717, 1.165) is 48.2 Å². The summed E-state index contributed by atoms with van der Waals surface area (Å²) in [6, 6.07) is 8.44. The lowest BCUT2D eigenvalue weighted by Crippen LogP contribution is -2.54. The zero-order valence-corrected chi connectivity index (χ0v) is 24.7. The Morgan fingerprint density at radius 3 is 2.76 bits per heavy atom. The molecule has 4 heterocycles. The molecule has 3 atom stereocenters. The molecule has 1 saturated heterocycles. The number of amides is 4. The lowest BCUT2D eigenvalue weighted by molar-refractivity contribution is -0.129. The Morgan fingerprint density at radius 1 is 1.24 bits per heavy atom. The SMILES string of the molecule is Cc1cc(OC(C)C)ccc1N1C(=O)NC2c3c1ccnc3S[C@H]2C(=O)NC1CCCN(C(=O)/C(C#N)=C/C2CC2)C1. The number of piperidine rings is 1. The Hall–Kier alpha value is -4.04. The second-order valence-electron chi connectivity index (χ2n) is 11.6. The standard InChI is InChI=1S/C31H34N6O4S/c1-17(2)41-22-8-9-23(18(3)13-22)37-24-10-11-33-29-25(24)26(35-31(37)40)27(42-29)28(38)34-21-5-4-12-36(16-21)30(39)20(15-32)14-19-6-7-19/h8-11,13-14,17,19,21,26-27H,4-7,12,16H2,1-3H3,(H,34,38)(H,35,40)/b20-14+/t21?,26?,27-/m1/s1. The van der Waals surface area contributed by atoms with Crippen molar-refractivity contribution in [2.45, 2.75) is 74.9 Å². The van der Waals surface area contributed by atoms with E-state index in [-0.39, 0.29) is 35.6 Å². The molecule has 4 aliphatic rings. The van der Waals surface area contributed by atoms with Gasteiger partial charge in [-0.15, -0.1) is 0 Å². The van der Waals surface area contributed by atoms with Gasteiger partial charge < -0.3 is 20.3 Å². The molecule has 0 bridgehead atoms. The van der Waals surface area contributed by atoms with Crippen LogP contribution in [0, 0.1) is 24.2 Å². The van der Waals surface area contributed by atoms with E-state index in [4.69, 9.17) is 4.74 Å². The summed E-state index contributed by atoms with van der Waals surface area (Å²) < 4.78 is 5.82. The lowest BCUT2D eigenvalue weighted by Gasteiger charge is -2.36. The van der Waals surface area contributed by atoms with Crippen LogP contribution in [-0.2, 0) is 9.59 Å². The highest BCUT2D eigenvalue weighted by Gasteiger charge is 2.47. The number of anilines is 2. The number of hydrogen-bond donors (Lipinski definition) is 2. The highest BCUT2D eigenvalue weighted by Crippen LogP contribution is 2.51. The van der Waals surface area contributed by atoms with Crippen molar-refractivity contribution >= 4 is 41.0 Å². The number of likely N-dealkylation sites (tertiary alicyclic amines) is 1. The molecule has 1 aliphatic carbocycles. The molecule has 6 rings (SSSR count). The van der Waals surface area contributed by atoms with E-state index in [1.807, 2.05) is 45.0 Å². The number of hydrogen-bond acceptors (Lipinski definition) is 7. The third-order valence-corrected chi connectivity index (χ3v) is 9.26. The van der Waals surface area contributed by atoms with E-state index < -0.39 is 11.3 Å². The third-order valence-electron chi connectivity index (χ3n) is 7.98. The number of carbonyl (C=O) groups excluding carboxylic acids is 3. The van der Waals surface area contributed by atoms with Gasteiger partial charge in [0.25, 0.3) is 5.91 Å². The zero-order chi connectivity index (χ0) is 29.5. The van der Waals surface area contributed by atoms with Crippen LogP contribution < -0.4 is 20.3 Å². The second-order valence-corrected chi connectivity index (χ2v) is 12.7. The molecular formula is C31H34N6O4S. The molecule has 2 fully saturated rings. The molecule has 0 radical (unpaired) electrons. The summed E-state index contributed by atoms with van der Waals surface area (Å²) in [5, 5.41) is 15.8. The Labute approximate surface area is 249 Å². The van der Waals surface area contributed by atoms with E-state index in [1.54, 1.807) is 22.1 Å². The molecule has 2 aromatic rings. The summed E-state index contributed by atoms with van der Waals surface area (Å²) in [4.78, 5) is 48.0. The number of pyridine rings is 1. The molecular weight excluding hydrogens is 552 g/mol. The van der Waals surface area contributed by atoms with Gasteiger partial charge in [-0.2, -0.15) is 5.26 Å². The van der Waals surface area contributed by atoms with Crippen LogP contribution in [0.1, 0.15) is 56.7 Å². The van der Waals surface area contributed by atoms with E-state index >= 15 is 0 Å². The molecule has 11 heteroatoms. The van der Waals surface area contributed by atoms with Gasteiger partial charge in [-0.1, -0.05) is 17.8 Å². The normalized spacial score (nSPS) is 23.3. The number of rotatable bonds is 7. The number of carbonyl (C=O) groups is 3. The number of thioether (sulfide) groups is 1. The van der Waals surface area contributed by atoms with Crippen molar-refractivity contribution in [3.63, 3.8) is 0 Å². The molecule has 3 aliphatic heterocycles. The summed E-state index contributed by atoms with van der Waals surface area (Å²) in [6.45, 7) is 6.78. The van der Waals surface area contributed by atoms with Crippen LogP contribution in [0.4, 0.5) is 16.2 Å². The lowest BCUT2D eigenvalue weighted by atomic mass is 9.98. The molecule has 10 nitrogen and oxygen atoms in total. The van der Waals surface area contributed by atoms with Gasteiger partial charge in [0.2, 0.25) is 5.91 Å². The highest BCUT2D eigenvalue weighted by atomic mass is 32.2. The minimum atomic E-state index is -0.599. The molecule has 4 amide bonds. The summed E-state index contributed by atoms with van der Waals surface area (Å²) in [6.07, 6.45) is 6.99. The summed E-state index contributed by atoms with van der Waals surface area (Å²) in [5.41, 5.74) is 3.34. The van der Waals surface area contributed by atoms with Gasteiger partial charge in [-0.05, 0) is 82.2 Å². The second kappa shape index (κ2) is 11.3. The Bertz CT molecular complexity index is 1510. The molecule has 1 aromatic carbocycles. The van der Waals surface area contributed by atoms with Gasteiger partial charge in [0.05, 0.1) is 23.5 Å². The highest BCUT2D eigenvalue weighted by molar-refractivity contribution is 8.01. The van der Waals surface area contributed by atoms with Crippen molar-refractivity contribution in [2.24, 2.45) is 5.92 Å². The van der Waals surface area contributed by atoms with Crippen molar-refractivity contribution in [2.75, 3.05) is 18.0 Å². The van der Waals surface area contributed by atoms with Crippen LogP contribution in [-0.4, -0.2) is 58.2 Å². The number of aryl methyl sites for hydroxylation is 1.